The Morgan fingerprint density at radius 2 is 2.12 bits per heavy atom. The second-order valence-electron chi connectivity index (χ2n) is 5.08. The Kier molecular flexibility index (Phi) is 2.52. The first kappa shape index (κ1) is 10.6. The fraction of sp³-hybridized carbons (Fsp3) is 0.333. The Morgan fingerprint density at radius 1 is 1.24 bits per heavy atom. The Morgan fingerprint density at radius 3 is 2.88 bits per heavy atom. The molecule has 0 spiro atoms. The summed E-state index contributed by atoms with van der Waals surface area (Å²) < 4.78 is 0. The van der Waals surface area contributed by atoms with Crippen LogP contribution in [0.5, 0.6) is 0 Å². The molecule has 1 aliphatic heterocycles. The number of likely N-dealkylation sites (N-methyl/N-ethyl adjacent to an activating group) is 1. The Hall–Kier alpha value is -1.54. The van der Waals surface area contributed by atoms with Crippen LogP contribution in [-0.2, 0) is 0 Å². The third-order valence-corrected chi connectivity index (χ3v) is 3.77. The van der Waals surface area contributed by atoms with Crippen molar-refractivity contribution in [1.82, 2.24) is 4.90 Å². The van der Waals surface area contributed by atoms with Gasteiger partial charge in [0, 0.05) is 12.2 Å². The van der Waals surface area contributed by atoms with E-state index in [1.807, 2.05) is 6.07 Å². The maximum atomic E-state index is 5.91. The number of hydrogen-bond donors (Lipinski definition) is 1. The largest absolute Gasteiger partial charge is 0.399 e. The lowest BCUT2D eigenvalue weighted by Gasteiger charge is -2.14. The standard InChI is InChI=1S/C15H18N2/c1-17-8-7-12(10-17)14-4-2-3-11-5-6-13(16)9-15(11)14/h2-6,9,12H,7-8,10,16H2,1H3. The van der Waals surface area contributed by atoms with Crippen LogP contribution in [0.15, 0.2) is 36.4 Å². The van der Waals surface area contributed by atoms with Crippen LogP contribution < -0.4 is 5.73 Å². The number of likely N-dealkylation sites (tertiary alicyclic amines) is 1. The predicted molar refractivity (Wildman–Crippen MR) is 73.2 cm³/mol. The average Bonchev–Trinajstić information content (AvgIpc) is 2.75. The number of nitrogens with two attached hydrogens (primary N) is 1. The minimum atomic E-state index is 0.658. The van der Waals surface area contributed by atoms with Crippen LogP contribution in [0, 0.1) is 0 Å². The zero-order valence-electron chi connectivity index (χ0n) is 10.2. The molecule has 0 amide bonds. The number of nitrogens with zero attached hydrogens (tertiary/aromatic N) is 1. The molecular weight excluding hydrogens is 208 g/mol. The average molecular weight is 226 g/mol. The molecule has 0 aliphatic carbocycles. The van der Waals surface area contributed by atoms with Gasteiger partial charge in [-0.2, -0.15) is 0 Å². The van der Waals surface area contributed by atoms with Crippen molar-refractivity contribution in [1.29, 1.82) is 0 Å². The van der Waals surface area contributed by atoms with E-state index in [4.69, 9.17) is 5.73 Å². The molecule has 88 valence electrons. The lowest BCUT2D eigenvalue weighted by Crippen LogP contribution is -2.13. The van der Waals surface area contributed by atoms with Crippen LogP contribution in [0.2, 0.25) is 0 Å². The number of benzene rings is 2. The van der Waals surface area contributed by atoms with Gasteiger partial charge in [0.05, 0.1) is 0 Å². The van der Waals surface area contributed by atoms with Gasteiger partial charge in [-0.25, -0.2) is 0 Å². The SMILES string of the molecule is CN1CCC(c2cccc3ccc(N)cc23)C1. The smallest absolute Gasteiger partial charge is 0.0320 e. The second kappa shape index (κ2) is 4.04. The monoisotopic (exact) mass is 226 g/mol. The molecule has 2 aromatic carbocycles. The third-order valence-electron chi connectivity index (χ3n) is 3.77. The molecule has 1 saturated heterocycles. The fourth-order valence-electron chi connectivity index (χ4n) is 2.86. The van der Waals surface area contributed by atoms with E-state index in [1.54, 1.807) is 0 Å². The third kappa shape index (κ3) is 1.89. The first-order valence-corrected chi connectivity index (χ1v) is 6.21. The quantitative estimate of drug-likeness (QED) is 0.758. The summed E-state index contributed by atoms with van der Waals surface area (Å²) in [6.07, 6.45) is 1.25. The van der Waals surface area contributed by atoms with Crippen molar-refractivity contribution in [2.75, 3.05) is 25.9 Å². The molecule has 1 aliphatic rings. The van der Waals surface area contributed by atoms with Crippen LogP contribution >= 0.6 is 0 Å². The molecule has 2 heteroatoms. The number of rotatable bonds is 1. The van der Waals surface area contributed by atoms with Crippen molar-refractivity contribution in [2.24, 2.45) is 0 Å². The van der Waals surface area contributed by atoms with E-state index in [-0.39, 0.29) is 0 Å². The number of anilines is 1. The normalized spacial score (nSPS) is 21.1. The highest BCUT2D eigenvalue weighted by Gasteiger charge is 2.22. The zero-order chi connectivity index (χ0) is 11.8. The highest BCUT2D eigenvalue weighted by atomic mass is 15.1. The van der Waals surface area contributed by atoms with Gasteiger partial charge in [-0.3, -0.25) is 0 Å². The molecule has 0 radical (unpaired) electrons. The molecule has 1 atom stereocenters. The van der Waals surface area contributed by atoms with Gasteiger partial charge in [0.2, 0.25) is 0 Å². The van der Waals surface area contributed by atoms with Gasteiger partial charge in [-0.15, -0.1) is 0 Å². The van der Waals surface area contributed by atoms with Crippen LogP contribution in [0.1, 0.15) is 17.9 Å². The molecule has 0 aromatic heterocycles. The first-order valence-electron chi connectivity index (χ1n) is 6.21. The van der Waals surface area contributed by atoms with E-state index >= 15 is 0 Å². The molecule has 3 rings (SSSR count). The molecule has 2 nitrogen and oxygen atoms in total. The van der Waals surface area contributed by atoms with Gasteiger partial charge in [-0.05, 0) is 54.4 Å². The Bertz CT molecular complexity index is 548. The van der Waals surface area contributed by atoms with Gasteiger partial charge in [-0.1, -0.05) is 24.3 Å². The minimum absolute atomic E-state index is 0.658. The van der Waals surface area contributed by atoms with E-state index in [0.717, 1.165) is 12.2 Å². The van der Waals surface area contributed by atoms with Crippen LogP contribution in [-0.4, -0.2) is 25.0 Å². The van der Waals surface area contributed by atoms with Crippen molar-refractivity contribution >= 4 is 16.5 Å². The van der Waals surface area contributed by atoms with Crippen LogP contribution in [0.3, 0.4) is 0 Å². The summed E-state index contributed by atoms with van der Waals surface area (Å²) in [5.41, 5.74) is 8.22. The van der Waals surface area contributed by atoms with Crippen LogP contribution in [0.25, 0.3) is 10.8 Å². The van der Waals surface area contributed by atoms with E-state index in [2.05, 4.69) is 42.3 Å². The molecular formula is C15H18N2. The summed E-state index contributed by atoms with van der Waals surface area (Å²) in [5.74, 6) is 0.658. The summed E-state index contributed by atoms with van der Waals surface area (Å²) in [7, 11) is 2.19. The van der Waals surface area contributed by atoms with Crippen molar-refractivity contribution in [3.05, 3.63) is 42.0 Å². The van der Waals surface area contributed by atoms with Crippen LogP contribution in [0.4, 0.5) is 5.69 Å². The first-order chi connectivity index (χ1) is 8.24. The number of hydrogen-bond acceptors (Lipinski definition) is 2. The van der Waals surface area contributed by atoms with Gasteiger partial charge < -0.3 is 10.6 Å². The summed E-state index contributed by atoms with van der Waals surface area (Å²) in [6.45, 7) is 2.36. The topological polar surface area (TPSA) is 29.3 Å². The lowest BCUT2D eigenvalue weighted by atomic mass is 9.92. The molecule has 17 heavy (non-hydrogen) atoms. The summed E-state index contributed by atoms with van der Waals surface area (Å²) in [5, 5.41) is 2.62. The van der Waals surface area contributed by atoms with Crippen molar-refractivity contribution < 1.29 is 0 Å². The highest BCUT2D eigenvalue weighted by molar-refractivity contribution is 5.88. The van der Waals surface area contributed by atoms with Crippen molar-refractivity contribution in [3.63, 3.8) is 0 Å². The molecule has 1 fully saturated rings. The molecule has 0 saturated carbocycles. The summed E-state index contributed by atoms with van der Waals surface area (Å²) in [4.78, 5) is 2.40. The number of fused-ring (bicyclic) bond motifs is 1. The zero-order valence-corrected chi connectivity index (χ0v) is 10.2. The summed E-state index contributed by atoms with van der Waals surface area (Å²) in [6, 6.07) is 12.8. The fourth-order valence-corrected chi connectivity index (χ4v) is 2.86. The second-order valence-corrected chi connectivity index (χ2v) is 5.08. The van der Waals surface area contributed by atoms with Crippen molar-refractivity contribution in [2.45, 2.75) is 12.3 Å². The van der Waals surface area contributed by atoms with Gasteiger partial charge in [0.25, 0.3) is 0 Å². The molecule has 1 unspecified atom stereocenters. The highest BCUT2D eigenvalue weighted by Crippen LogP contribution is 2.32. The van der Waals surface area contributed by atoms with Gasteiger partial charge >= 0.3 is 0 Å². The maximum absolute atomic E-state index is 5.91. The van der Waals surface area contributed by atoms with E-state index in [0.29, 0.717) is 5.92 Å². The van der Waals surface area contributed by atoms with Gasteiger partial charge in [0.1, 0.15) is 0 Å². The Balaban J connectivity index is 2.12. The van der Waals surface area contributed by atoms with E-state index < -0.39 is 0 Å². The predicted octanol–water partition coefficient (Wildman–Crippen LogP) is 2.84. The minimum Gasteiger partial charge on any atom is -0.399 e. The molecule has 0 bridgehead atoms. The lowest BCUT2D eigenvalue weighted by molar-refractivity contribution is 0.412. The summed E-state index contributed by atoms with van der Waals surface area (Å²) >= 11 is 0. The maximum Gasteiger partial charge on any atom is 0.0320 e. The number of nitrogen functional groups attached to an aromatic ring is 1. The molecule has 2 aromatic rings. The van der Waals surface area contributed by atoms with Crippen molar-refractivity contribution in [3.8, 4) is 0 Å². The van der Waals surface area contributed by atoms with Gasteiger partial charge in [0.15, 0.2) is 0 Å². The molecule has 2 N–H and O–H groups in total. The van der Waals surface area contributed by atoms with E-state index in [1.165, 1.54) is 29.3 Å². The molecule has 1 heterocycles. The Labute approximate surface area is 102 Å². The van der Waals surface area contributed by atoms with E-state index in [9.17, 15) is 0 Å².